The smallest absolute Gasteiger partial charge is 0.273 e. The number of carbonyl (C=O) groups excluding carboxylic acids is 2. The van der Waals surface area contributed by atoms with Crippen LogP contribution in [-0.2, 0) is 4.79 Å². The standard InChI is InChI=1S/C26H27N3O5/c1-4-33-24-14-19(12-13-22(24)30)15-27-29-26(32)20-9-5-6-10-21(20)28-25(31)16-34-23-11-7-8-17(2)18(23)3/h5-15,30H,4,16H2,1-3H3,(H,28,31)(H,29,32)/b27-15+. The first-order valence-corrected chi connectivity index (χ1v) is 10.8. The summed E-state index contributed by atoms with van der Waals surface area (Å²) in [5.74, 6) is 0.101. The zero-order chi connectivity index (χ0) is 24.5. The average molecular weight is 462 g/mol. The first-order valence-electron chi connectivity index (χ1n) is 10.8. The van der Waals surface area contributed by atoms with E-state index in [9.17, 15) is 14.7 Å². The van der Waals surface area contributed by atoms with Crippen LogP contribution in [0.25, 0.3) is 0 Å². The molecule has 0 aliphatic heterocycles. The third-order valence-electron chi connectivity index (χ3n) is 5.02. The molecule has 0 fully saturated rings. The van der Waals surface area contributed by atoms with Crippen molar-refractivity contribution in [2.24, 2.45) is 5.10 Å². The zero-order valence-electron chi connectivity index (χ0n) is 19.3. The number of hydrazone groups is 1. The van der Waals surface area contributed by atoms with Crippen LogP contribution in [0.1, 0.15) is 34.0 Å². The highest BCUT2D eigenvalue weighted by molar-refractivity contribution is 6.04. The molecule has 0 radical (unpaired) electrons. The molecule has 0 saturated carbocycles. The summed E-state index contributed by atoms with van der Waals surface area (Å²) >= 11 is 0. The normalized spacial score (nSPS) is 10.7. The molecule has 8 nitrogen and oxygen atoms in total. The average Bonchev–Trinajstić information content (AvgIpc) is 2.82. The first kappa shape index (κ1) is 24.3. The molecule has 0 bridgehead atoms. The fourth-order valence-corrected chi connectivity index (χ4v) is 3.11. The van der Waals surface area contributed by atoms with E-state index in [1.165, 1.54) is 12.3 Å². The summed E-state index contributed by atoms with van der Waals surface area (Å²) in [4.78, 5) is 25.1. The second-order valence-corrected chi connectivity index (χ2v) is 7.44. The second-order valence-electron chi connectivity index (χ2n) is 7.44. The number of carbonyl (C=O) groups is 2. The van der Waals surface area contributed by atoms with Crippen LogP contribution < -0.4 is 20.2 Å². The van der Waals surface area contributed by atoms with Crippen LogP contribution in [-0.4, -0.2) is 36.3 Å². The molecular weight excluding hydrogens is 434 g/mol. The van der Waals surface area contributed by atoms with Crippen LogP contribution in [0.15, 0.2) is 65.8 Å². The molecule has 0 aliphatic carbocycles. The fourth-order valence-electron chi connectivity index (χ4n) is 3.11. The number of ether oxygens (including phenoxy) is 2. The molecular formula is C26H27N3O5. The van der Waals surface area contributed by atoms with Crippen LogP contribution in [0.5, 0.6) is 17.2 Å². The number of phenolic OH excluding ortho intramolecular Hbond substituents is 1. The van der Waals surface area contributed by atoms with Gasteiger partial charge in [0.15, 0.2) is 18.1 Å². The molecule has 0 heterocycles. The van der Waals surface area contributed by atoms with Gasteiger partial charge in [-0.25, -0.2) is 5.43 Å². The Morgan fingerprint density at radius 1 is 1.00 bits per heavy atom. The maximum Gasteiger partial charge on any atom is 0.273 e. The molecule has 2 amide bonds. The lowest BCUT2D eigenvalue weighted by molar-refractivity contribution is -0.118. The number of hydrogen-bond donors (Lipinski definition) is 3. The summed E-state index contributed by atoms with van der Waals surface area (Å²) in [6, 6.07) is 17.0. The molecule has 0 unspecified atom stereocenters. The number of benzene rings is 3. The van der Waals surface area contributed by atoms with Crippen LogP contribution >= 0.6 is 0 Å². The lowest BCUT2D eigenvalue weighted by Gasteiger charge is -2.12. The van der Waals surface area contributed by atoms with E-state index in [0.717, 1.165) is 11.1 Å². The summed E-state index contributed by atoms with van der Waals surface area (Å²) < 4.78 is 11.0. The Hall–Kier alpha value is -4.33. The van der Waals surface area contributed by atoms with Crippen LogP contribution in [0.4, 0.5) is 5.69 Å². The van der Waals surface area contributed by atoms with Gasteiger partial charge in [-0.2, -0.15) is 5.10 Å². The van der Waals surface area contributed by atoms with E-state index in [-0.39, 0.29) is 17.9 Å². The number of anilines is 1. The van der Waals surface area contributed by atoms with Gasteiger partial charge in [0.2, 0.25) is 0 Å². The fraction of sp³-hybridized carbons (Fsp3) is 0.192. The molecule has 0 aromatic heterocycles. The van der Waals surface area contributed by atoms with Crippen molar-refractivity contribution in [1.29, 1.82) is 0 Å². The number of hydrogen-bond acceptors (Lipinski definition) is 6. The van der Waals surface area contributed by atoms with Gasteiger partial charge in [-0.3, -0.25) is 9.59 Å². The maximum absolute atomic E-state index is 12.7. The van der Waals surface area contributed by atoms with E-state index in [2.05, 4.69) is 15.8 Å². The summed E-state index contributed by atoms with van der Waals surface area (Å²) in [5, 5.41) is 16.5. The summed E-state index contributed by atoms with van der Waals surface area (Å²) in [6.45, 7) is 5.93. The Kier molecular flexibility index (Phi) is 8.23. The molecule has 3 rings (SSSR count). The molecule has 3 aromatic carbocycles. The van der Waals surface area contributed by atoms with Crippen molar-refractivity contribution in [3.8, 4) is 17.2 Å². The highest BCUT2D eigenvalue weighted by atomic mass is 16.5. The number of nitrogens with zero attached hydrogens (tertiary/aromatic N) is 1. The minimum atomic E-state index is -0.494. The number of nitrogens with one attached hydrogen (secondary N) is 2. The van der Waals surface area contributed by atoms with E-state index in [0.29, 0.717) is 29.4 Å². The van der Waals surface area contributed by atoms with Crippen LogP contribution in [0.3, 0.4) is 0 Å². The SMILES string of the molecule is CCOc1cc(/C=N/NC(=O)c2ccccc2NC(=O)COc2cccc(C)c2C)ccc1O. The van der Waals surface area contributed by atoms with Crippen LogP contribution in [0, 0.1) is 13.8 Å². The zero-order valence-corrected chi connectivity index (χ0v) is 19.3. The lowest BCUT2D eigenvalue weighted by Crippen LogP contribution is -2.24. The van der Waals surface area contributed by atoms with E-state index in [4.69, 9.17) is 9.47 Å². The monoisotopic (exact) mass is 461 g/mol. The molecule has 3 aromatic rings. The highest BCUT2D eigenvalue weighted by Crippen LogP contribution is 2.26. The molecule has 0 atom stereocenters. The van der Waals surface area contributed by atoms with Gasteiger partial charge in [0, 0.05) is 0 Å². The predicted molar refractivity (Wildman–Crippen MR) is 131 cm³/mol. The van der Waals surface area contributed by atoms with Gasteiger partial charge in [-0.05, 0) is 73.9 Å². The van der Waals surface area contributed by atoms with Crippen molar-refractivity contribution in [3.63, 3.8) is 0 Å². The summed E-state index contributed by atoms with van der Waals surface area (Å²) in [5.41, 5.74) is 5.70. The van der Waals surface area contributed by atoms with Gasteiger partial charge in [0.1, 0.15) is 5.75 Å². The van der Waals surface area contributed by atoms with Crippen molar-refractivity contribution in [3.05, 3.63) is 82.9 Å². The first-order chi connectivity index (χ1) is 16.4. The van der Waals surface area contributed by atoms with Gasteiger partial charge in [-0.1, -0.05) is 24.3 Å². The van der Waals surface area contributed by atoms with Crippen LogP contribution in [0.2, 0.25) is 0 Å². The number of rotatable bonds is 9. The highest BCUT2D eigenvalue weighted by Gasteiger charge is 2.13. The Morgan fingerprint density at radius 2 is 1.79 bits per heavy atom. The van der Waals surface area contributed by atoms with Gasteiger partial charge >= 0.3 is 0 Å². The van der Waals surface area contributed by atoms with E-state index < -0.39 is 11.8 Å². The Labute approximate surface area is 198 Å². The van der Waals surface area contributed by atoms with E-state index in [1.54, 1.807) is 42.5 Å². The summed E-state index contributed by atoms with van der Waals surface area (Å²) in [7, 11) is 0. The minimum absolute atomic E-state index is 0.0224. The quantitative estimate of drug-likeness (QED) is 0.327. The van der Waals surface area contributed by atoms with Crippen molar-refractivity contribution >= 4 is 23.7 Å². The number of aryl methyl sites for hydroxylation is 1. The summed E-state index contributed by atoms with van der Waals surface area (Å²) in [6.07, 6.45) is 1.43. The van der Waals surface area contributed by atoms with Gasteiger partial charge in [0.05, 0.1) is 24.1 Å². The number of phenols is 1. The Balaban J connectivity index is 1.62. The predicted octanol–water partition coefficient (Wildman–Crippen LogP) is 4.19. The van der Waals surface area contributed by atoms with Crippen molar-refractivity contribution in [2.75, 3.05) is 18.5 Å². The largest absolute Gasteiger partial charge is 0.504 e. The Bertz CT molecular complexity index is 1210. The Morgan fingerprint density at radius 3 is 2.59 bits per heavy atom. The van der Waals surface area contributed by atoms with Gasteiger partial charge in [-0.15, -0.1) is 0 Å². The molecule has 176 valence electrons. The van der Waals surface area contributed by atoms with E-state index in [1.807, 2.05) is 32.9 Å². The lowest BCUT2D eigenvalue weighted by atomic mass is 10.1. The topological polar surface area (TPSA) is 109 Å². The third-order valence-corrected chi connectivity index (χ3v) is 5.02. The van der Waals surface area contributed by atoms with Gasteiger partial charge in [0.25, 0.3) is 11.8 Å². The van der Waals surface area contributed by atoms with Gasteiger partial charge < -0.3 is 19.9 Å². The van der Waals surface area contributed by atoms with Crippen molar-refractivity contribution in [1.82, 2.24) is 5.43 Å². The molecule has 34 heavy (non-hydrogen) atoms. The molecule has 3 N–H and O–H groups in total. The van der Waals surface area contributed by atoms with Crippen molar-refractivity contribution in [2.45, 2.75) is 20.8 Å². The molecule has 8 heteroatoms. The molecule has 0 spiro atoms. The molecule has 0 saturated heterocycles. The van der Waals surface area contributed by atoms with Crippen molar-refractivity contribution < 1.29 is 24.2 Å². The number of amides is 2. The number of para-hydroxylation sites is 1. The number of aromatic hydroxyl groups is 1. The minimum Gasteiger partial charge on any atom is -0.504 e. The third kappa shape index (κ3) is 6.35. The maximum atomic E-state index is 12.7. The van der Waals surface area contributed by atoms with E-state index >= 15 is 0 Å². The second kappa shape index (κ2) is 11.5. The molecule has 0 aliphatic rings.